The van der Waals surface area contributed by atoms with Crippen LogP contribution in [-0.2, 0) is 0 Å². The molecule has 0 heterocycles. The molecule has 0 aromatic carbocycles. The van der Waals surface area contributed by atoms with Gasteiger partial charge in [-0.05, 0) is 50.8 Å². The molecule has 1 rings (SSSR count). The number of hydrogen-bond donors (Lipinski definition) is 0. The van der Waals surface area contributed by atoms with Crippen LogP contribution in [0.1, 0.15) is 40.0 Å². The average Bonchev–Trinajstić information content (AvgIpc) is 2.11. The Hall–Kier alpha value is 0.210. The number of halogens is 1. The lowest BCUT2D eigenvalue weighted by molar-refractivity contribution is 0.482. The summed E-state index contributed by atoms with van der Waals surface area (Å²) in [7, 11) is 0. The van der Waals surface area contributed by atoms with Crippen molar-refractivity contribution in [3.05, 3.63) is 21.3 Å². The maximum absolute atomic E-state index is 2.45. The number of allylic oxidation sites excluding steroid dienone is 4. The summed E-state index contributed by atoms with van der Waals surface area (Å²) in [5.41, 5.74) is 1.99. The SMILES string of the molecule is CC(C)(C)C1=CCC=C(I)CC1. The van der Waals surface area contributed by atoms with Gasteiger partial charge in [-0.2, -0.15) is 0 Å². The van der Waals surface area contributed by atoms with Crippen molar-refractivity contribution in [1.29, 1.82) is 0 Å². The van der Waals surface area contributed by atoms with E-state index in [9.17, 15) is 0 Å². The van der Waals surface area contributed by atoms with Crippen LogP contribution in [0.4, 0.5) is 0 Å². The largest absolute Gasteiger partial charge is 0.0810 e. The standard InChI is InChI=1S/C11H17I/c1-11(2,3)9-5-4-6-10(12)8-7-9/h5-6H,4,7-8H2,1-3H3. The molecular formula is C11H17I. The first-order chi connectivity index (χ1) is 5.50. The van der Waals surface area contributed by atoms with Crippen molar-refractivity contribution in [2.75, 3.05) is 0 Å². The van der Waals surface area contributed by atoms with Crippen LogP contribution in [0.25, 0.3) is 0 Å². The minimum Gasteiger partial charge on any atom is -0.0810 e. The van der Waals surface area contributed by atoms with E-state index in [1.165, 1.54) is 16.4 Å². The van der Waals surface area contributed by atoms with E-state index in [4.69, 9.17) is 0 Å². The van der Waals surface area contributed by atoms with E-state index in [0.29, 0.717) is 5.41 Å². The van der Waals surface area contributed by atoms with E-state index in [1.54, 1.807) is 5.57 Å². The predicted molar refractivity (Wildman–Crippen MR) is 63.5 cm³/mol. The lowest BCUT2D eigenvalue weighted by atomic mass is 9.84. The maximum Gasteiger partial charge on any atom is -0.0128 e. The van der Waals surface area contributed by atoms with Crippen molar-refractivity contribution >= 4 is 22.6 Å². The fourth-order valence-corrected chi connectivity index (χ4v) is 1.99. The quantitative estimate of drug-likeness (QED) is 0.452. The monoisotopic (exact) mass is 276 g/mol. The normalized spacial score (nSPS) is 19.7. The Labute approximate surface area is 89.3 Å². The molecule has 0 fully saturated rings. The fourth-order valence-electron chi connectivity index (χ4n) is 1.47. The first kappa shape index (κ1) is 10.3. The van der Waals surface area contributed by atoms with Crippen molar-refractivity contribution in [2.24, 2.45) is 5.41 Å². The van der Waals surface area contributed by atoms with Gasteiger partial charge >= 0.3 is 0 Å². The van der Waals surface area contributed by atoms with E-state index in [2.05, 4.69) is 55.5 Å². The molecule has 0 amide bonds. The maximum atomic E-state index is 2.45. The molecule has 0 unspecified atom stereocenters. The average molecular weight is 276 g/mol. The van der Waals surface area contributed by atoms with Gasteiger partial charge < -0.3 is 0 Å². The zero-order valence-electron chi connectivity index (χ0n) is 8.15. The zero-order chi connectivity index (χ0) is 9.19. The highest BCUT2D eigenvalue weighted by atomic mass is 127. The van der Waals surface area contributed by atoms with E-state index in [0.717, 1.165) is 6.42 Å². The highest BCUT2D eigenvalue weighted by molar-refractivity contribution is 14.1. The minimum atomic E-state index is 0.370. The van der Waals surface area contributed by atoms with Crippen molar-refractivity contribution in [3.63, 3.8) is 0 Å². The summed E-state index contributed by atoms with van der Waals surface area (Å²) in [4.78, 5) is 0. The summed E-state index contributed by atoms with van der Waals surface area (Å²) < 4.78 is 1.52. The van der Waals surface area contributed by atoms with Gasteiger partial charge in [0.25, 0.3) is 0 Å². The highest BCUT2D eigenvalue weighted by Gasteiger charge is 2.17. The molecule has 0 saturated carbocycles. The van der Waals surface area contributed by atoms with Crippen LogP contribution in [0, 0.1) is 5.41 Å². The Morgan fingerprint density at radius 1 is 1.17 bits per heavy atom. The third-order valence-corrected chi connectivity index (χ3v) is 3.28. The highest BCUT2D eigenvalue weighted by Crippen LogP contribution is 2.33. The molecule has 0 aromatic heterocycles. The molecule has 1 aliphatic rings. The van der Waals surface area contributed by atoms with Crippen LogP contribution in [0.2, 0.25) is 0 Å². The summed E-state index contributed by atoms with van der Waals surface area (Å²) in [6.45, 7) is 6.91. The molecule has 0 radical (unpaired) electrons. The van der Waals surface area contributed by atoms with E-state index in [1.807, 2.05) is 0 Å². The molecule has 0 saturated heterocycles. The lowest BCUT2D eigenvalue weighted by Crippen LogP contribution is -2.08. The predicted octanol–water partition coefficient (Wildman–Crippen LogP) is 4.46. The molecule has 0 nitrogen and oxygen atoms in total. The van der Waals surface area contributed by atoms with Gasteiger partial charge in [0, 0.05) is 0 Å². The molecule has 1 aliphatic carbocycles. The van der Waals surface area contributed by atoms with Crippen molar-refractivity contribution < 1.29 is 0 Å². The van der Waals surface area contributed by atoms with E-state index < -0.39 is 0 Å². The molecule has 0 bridgehead atoms. The molecular weight excluding hydrogens is 259 g/mol. The topological polar surface area (TPSA) is 0 Å². The second kappa shape index (κ2) is 3.95. The molecule has 0 aromatic rings. The third-order valence-electron chi connectivity index (χ3n) is 2.30. The second-order valence-corrected chi connectivity index (χ2v) is 5.75. The van der Waals surface area contributed by atoms with Crippen molar-refractivity contribution in [2.45, 2.75) is 40.0 Å². The molecule has 1 heteroatoms. The fraction of sp³-hybridized carbons (Fsp3) is 0.636. The molecule has 0 atom stereocenters. The van der Waals surface area contributed by atoms with Gasteiger partial charge in [0.15, 0.2) is 0 Å². The van der Waals surface area contributed by atoms with Crippen LogP contribution in [0.3, 0.4) is 0 Å². The first-order valence-electron chi connectivity index (χ1n) is 4.54. The Bertz CT molecular complexity index is 216. The summed E-state index contributed by atoms with van der Waals surface area (Å²) in [6, 6.07) is 0. The van der Waals surface area contributed by atoms with E-state index in [-0.39, 0.29) is 0 Å². The van der Waals surface area contributed by atoms with Crippen molar-refractivity contribution in [3.8, 4) is 0 Å². The second-order valence-electron chi connectivity index (χ2n) is 4.37. The smallest absolute Gasteiger partial charge is 0.0128 e. The summed E-state index contributed by atoms with van der Waals surface area (Å²) in [5, 5.41) is 0. The molecule has 0 aliphatic heterocycles. The first-order valence-corrected chi connectivity index (χ1v) is 5.62. The van der Waals surface area contributed by atoms with Gasteiger partial charge in [-0.15, -0.1) is 0 Å². The molecule has 0 N–H and O–H groups in total. The van der Waals surface area contributed by atoms with Crippen LogP contribution in [0.15, 0.2) is 21.3 Å². The van der Waals surface area contributed by atoms with Gasteiger partial charge in [-0.3, -0.25) is 0 Å². The molecule has 68 valence electrons. The van der Waals surface area contributed by atoms with Crippen molar-refractivity contribution in [1.82, 2.24) is 0 Å². The minimum absolute atomic E-state index is 0.370. The van der Waals surface area contributed by atoms with Crippen LogP contribution < -0.4 is 0 Å². The van der Waals surface area contributed by atoms with Crippen LogP contribution >= 0.6 is 22.6 Å². The zero-order valence-corrected chi connectivity index (χ0v) is 10.3. The van der Waals surface area contributed by atoms with Crippen LogP contribution in [-0.4, -0.2) is 0 Å². The number of hydrogen-bond acceptors (Lipinski definition) is 0. The summed E-state index contributed by atoms with van der Waals surface area (Å²) in [5.74, 6) is 0. The lowest BCUT2D eigenvalue weighted by Gasteiger charge is -2.22. The third kappa shape index (κ3) is 2.92. The Balaban J connectivity index is 2.67. The van der Waals surface area contributed by atoms with Crippen LogP contribution in [0.5, 0.6) is 0 Å². The van der Waals surface area contributed by atoms with E-state index >= 15 is 0 Å². The van der Waals surface area contributed by atoms with Gasteiger partial charge in [0.2, 0.25) is 0 Å². The van der Waals surface area contributed by atoms with Gasteiger partial charge in [0.05, 0.1) is 0 Å². The molecule has 12 heavy (non-hydrogen) atoms. The van der Waals surface area contributed by atoms with Gasteiger partial charge in [-0.1, -0.05) is 38.5 Å². The Morgan fingerprint density at radius 2 is 1.83 bits per heavy atom. The summed E-state index contributed by atoms with van der Waals surface area (Å²) in [6.07, 6.45) is 8.35. The Morgan fingerprint density at radius 3 is 2.42 bits per heavy atom. The van der Waals surface area contributed by atoms with Gasteiger partial charge in [-0.25, -0.2) is 0 Å². The van der Waals surface area contributed by atoms with Gasteiger partial charge in [0.1, 0.15) is 0 Å². The number of rotatable bonds is 0. The molecule has 0 spiro atoms. The Kier molecular flexibility index (Phi) is 3.38. The summed E-state index contributed by atoms with van der Waals surface area (Å²) >= 11 is 2.45.